The van der Waals surface area contributed by atoms with Gasteiger partial charge in [0, 0.05) is 6.92 Å². The van der Waals surface area contributed by atoms with E-state index < -0.39 is 0 Å². The van der Waals surface area contributed by atoms with Crippen LogP contribution in [-0.4, -0.2) is 33.5 Å². The quantitative estimate of drug-likeness (QED) is 0.763. The molecular formula is C17H22FN5O2. The van der Waals surface area contributed by atoms with Crippen molar-refractivity contribution in [3.05, 3.63) is 41.5 Å². The Morgan fingerprint density at radius 2 is 2.04 bits per heavy atom. The molecule has 2 aromatic rings. The maximum absolute atomic E-state index is 13.2. The lowest BCUT2D eigenvalue weighted by atomic mass is 10.2. The van der Waals surface area contributed by atoms with E-state index >= 15 is 0 Å². The summed E-state index contributed by atoms with van der Waals surface area (Å²) in [6.07, 6.45) is 0.781. The molecule has 0 spiro atoms. The number of nitrogens with zero attached hydrogens (tertiary/aromatic N) is 3. The van der Waals surface area contributed by atoms with Gasteiger partial charge in [0.05, 0.1) is 19.3 Å². The van der Waals surface area contributed by atoms with Gasteiger partial charge in [-0.2, -0.15) is 15.0 Å². The molecule has 0 saturated heterocycles. The van der Waals surface area contributed by atoms with Crippen LogP contribution in [0.3, 0.4) is 0 Å². The molecule has 0 aliphatic carbocycles. The van der Waals surface area contributed by atoms with Gasteiger partial charge in [-0.25, -0.2) is 4.39 Å². The molecule has 0 fully saturated rings. The summed E-state index contributed by atoms with van der Waals surface area (Å²) in [6.45, 7) is 5.85. The summed E-state index contributed by atoms with van der Waals surface area (Å²) >= 11 is 0. The monoisotopic (exact) mass is 347 g/mol. The number of carbonyl (C=O) groups is 1. The number of benzene rings is 1. The number of hydrogen-bond acceptors (Lipinski definition) is 6. The average Bonchev–Trinajstić information content (AvgIpc) is 2.52. The summed E-state index contributed by atoms with van der Waals surface area (Å²) in [5.74, 6) is 0.548. The number of ether oxygens (including phenoxy) is 1. The van der Waals surface area contributed by atoms with Gasteiger partial charge in [-0.3, -0.25) is 10.1 Å². The lowest BCUT2D eigenvalue weighted by Gasteiger charge is -2.17. The fourth-order valence-corrected chi connectivity index (χ4v) is 2.15. The Kier molecular flexibility index (Phi) is 6.76. The topological polar surface area (TPSA) is 89.0 Å². The van der Waals surface area contributed by atoms with Crippen molar-refractivity contribution in [1.29, 1.82) is 0 Å². The van der Waals surface area contributed by atoms with Crippen LogP contribution in [0.2, 0.25) is 0 Å². The molecule has 1 aromatic carbocycles. The first-order valence-corrected chi connectivity index (χ1v) is 8.05. The highest BCUT2D eigenvalue weighted by Crippen LogP contribution is 2.10. The predicted molar refractivity (Wildman–Crippen MR) is 92.6 cm³/mol. The molecule has 7 nitrogen and oxygen atoms in total. The molecule has 0 saturated carbocycles. The van der Waals surface area contributed by atoms with Crippen molar-refractivity contribution >= 4 is 17.8 Å². The molecule has 1 unspecified atom stereocenters. The molecule has 1 amide bonds. The first kappa shape index (κ1) is 18.7. The van der Waals surface area contributed by atoms with Crippen molar-refractivity contribution in [2.45, 2.75) is 39.8 Å². The lowest BCUT2D eigenvalue weighted by Crippen LogP contribution is -2.26. The van der Waals surface area contributed by atoms with Gasteiger partial charge < -0.3 is 10.1 Å². The number of amides is 1. The maximum Gasteiger partial charge on any atom is 0.234 e. The zero-order valence-electron chi connectivity index (χ0n) is 14.5. The molecule has 1 atom stereocenters. The highest BCUT2D eigenvalue weighted by molar-refractivity contribution is 5.86. The second kappa shape index (κ2) is 9.03. The van der Waals surface area contributed by atoms with Crippen molar-refractivity contribution in [3.8, 4) is 0 Å². The summed E-state index contributed by atoms with van der Waals surface area (Å²) < 4.78 is 18.8. The Morgan fingerprint density at radius 3 is 2.72 bits per heavy atom. The largest absolute Gasteiger partial charge is 0.375 e. The van der Waals surface area contributed by atoms with Crippen LogP contribution in [0.15, 0.2) is 24.3 Å². The van der Waals surface area contributed by atoms with Crippen LogP contribution in [0.25, 0.3) is 0 Å². The third-order valence-electron chi connectivity index (χ3n) is 3.34. The zero-order valence-corrected chi connectivity index (χ0v) is 14.5. The molecule has 0 radical (unpaired) electrons. The summed E-state index contributed by atoms with van der Waals surface area (Å²) in [4.78, 5) is 23.6. The van der Waals surface area contributed by atoms with E-state index in [-0.39, 0.29) is 23.7 Å². The molecule has 1 heterocycles. The SMILES string of the molecule is CCC(COCc1cccc(F)c1)Nc1nc(C)nc(NC(C)=O)n1. The van der Waals surface area contributed by atoms with E-state index in [9.17, 15) is 9.18 Å². The van der Waals surface area contributed by atoms with E-state index in [2.05, 4.69) is 25.6 Å². The fraction of sp³-hybridized carbons (Fsp3) is 0.412. The number of rotatable bonds is 8. The Morgan fingerprint density at radius 1 is 1.28 bits per heavy atom. The van der Waals surface area contributed by atoms with Crippen LogP contribution < -0.4 is 10.6 Å². The first-order valence-electron chi connectivity index (χ1n) is 8.05. The second-order valence-electron chi connectivity index (χ2n) is 5.61. The van der Waals surface area contributed by atoms with Crippen molar-refractivity contribution in [1.82, 2.24) is 15.0 Å². The van der Waals surface area contributed by atoms with E-state index in [4.69, 9.17) is 4.74 Å². The number of halogens is 1. The van der Waals surface area contributed by atoms with Gasteiger partial charge in [0.25, 0.3) is 0 Å². The number of nitrogens with one attached hydrogen (secondary N) is 2. The van der Waals surface area contributed by atoms with Crippen LogP contribution in [0, 0.1) is 12.7 Å². The number of aryl methyl sites for hydroxylation is 1. The number of anilines is 2. The van der Waals surface area contributed by atoms with Crippen molar-refractivity contribution < 1.29 is 13.9 Å². The Balaban J connectivity index is 1.92. The van der Waals surface area contributed by atoms with Gasteiger partial charge in [-0.1, -0.05) is 19.1 Å². The van der Waals surface area contributed by atoms with Gasteiger partial charge in [0.1, 0.15) is 11.6 Å². The fourth-order valence-electron chi connectivity index (χ4n) is 2.15. The molecule has 0 bridgehead atoms. The van der Waals surface area contributed by atoms with E-state index in [1.165, 1.54) is 19.1 Å². The third-order valence-corrected chi connectivity index (χ3v) is 3.34. The van der Waals surface area contributed by atoms with E-state index in [0.29, 0.717) is 25.0 Å². The number of hydrogen-bond donors (Lipinski definition) is 2. The summed E-state index contributed by atoms with van der Waals surface area (Å²) in [5, 5.41) is 5.71. The zero-order chi connectivity index (χ0) is 18.2. The van der Waals surface area contributed by atoms with Gasteiger partial charge >= 0.3 is 0 Å². The van der Waals surface area contributed by atoms with Gasteiger partial charge in [-0.05, 0) is 31.0 Å². The smallest absolute Gasteiger partial charge is 0.234 e. The van der Waals surface area contributed by atoms with Crippen molar-refractivity contribution in [2.24, 2.45) is 0 Å². The first-order chi connectivity index (χ1) is 12.0. The van der Waals surface area contributed by atoms with E-state index in [1.54, 1.807) is 13.0 Å². The summed E-state index contributed by atoms with van der Waals surface area (Å²) in [6, 6.07) is 6.28. The Hall–Kier alpha value is -2.61. The molecule has 134 valence electrons. The Labute approximate surface area is 146 Å². The van der Waals surface area contributed by atoms with Gasteiger partial charge in [0.15, 0.2) is 0 Å². The molecule has 8 heteroatoms. The molecule has 0 aliphatic heterocycles. The van der Waals surface area contributed by atoms with Gasteiger partial charge in [0.2, 0.25) is 17.8 Å². The molecule has 2 N–H and O–H groups in total. The van der Waals surface area contributed by atoms with Crippen LogP contribution in [0.4, 0.5) is 16.3 Å². The second-order valence-corrected chi connectivity index (χ2v) is 5.61. The highest BCUT2D eigenvalue weighted by Gasteiger charge is 2.11. The molecule has 0 aliphatic rings. The third kappa shape index (κ3) is 6.42. The summed E-state index contributed by atoms with van der Waals surface area (Å²) in [7, 11) is 0. The Bertz CT molecular complexity index is 726. The molecule has 1 aromatic heterocycles. The minimum atomic E-state index is -0.280. The van der Waals surface area contributed by atoms with Crippen LogP contribution in [-0.2, 0) is 16.1 Å². The van der Waals surface area contributed by atoms with Gasteiger partial charge in [-0.15, -0.1) is 0 Å². The van der Waals surface area contributed by atoms with E-state index in [0.717, 1.165) is 12.0 Å². The van der Waals surface area contributed by atoms with Crippen molar-refractivity contribution in [3.63, 3.8) is 0 Å². The molecular weight excluding hydrogens is 325 g/mol. The van der Waals surface area contributed by atoms with Crippen LogP contribution in [0.1, 0.15) is 31.7 Å². The summed E-state index contributed by atoms with van der Waals surface area (Å²) in [5.41, 5.74) is 0.777. The minimum absolute atomic E-state index is 0.0273. The average molecular weight is 347 g/mol. The van der Waals surface area contributed by atoms with Crippen LogP contribution in [0.5, 0.6) is 0 Å². The van der Waals surface area contributed by atoms with E-state index in [1.807, 2.05) is 13.0 Å². The molecule has 25 heavy (non-hydrogen) atoms. The normalized spacial score (nSPS) is 11.8. The minimum Gasteiger partial charge on any atom is -0.375 e. The maximum atomic E-state index is 13.2. The van der Waals surface area contributed by atoms with Crippen LogP contribution >= 0.6 is 0 Å². The number of carbonyl (C=O) groups excluding carboxylic acids is 1. The molecule has 2 rings (SSSR count). The van der Waals surface area contributed by atoms with Crippen molar-refractivity contribution in [2.75, 3.05) is 17.2 Å². The predicted octanol–water partition coefficient (Wildman–Crippen LogP) is 2.68. The lowest BCUT2D eigenvalue weighted by molar-refractivity contribution is -0.114. The standard InChI is InChI=1S/C17H22FN5O2/c1-4-15(10-25-9-13-6-5-7-14(18)8-13)22-17-20-11(2)19-16(23-17)21-12(3)24/h5-8,15H,4,9-10H2,1-3H3,(H2,19,20,21,22,23,24). The highest BCUT2D eigenvalue weighted by atomic mass is 19.1. The number of aromatic nitrogens is 3.